The predicted octanol–water partition coefficient (Wildman–Crippen LogP) is 4.76. The summed E-state index contributed by atoms with van der Waals surface area (Å²) < 4.78 is 0. The minimum atomic E-state index is -0.437. The zero-order valence-corrected chi connectivity index (χ0v) is 18.9. The normalized spacial score (nSPS) is 18.3. The lowest BCUT2D eigenvalue weighted by Crippen LogP contribution is -2.43. The zero-order valence-electron chi connectivity index (χ0n) is 18.1. The number of fused-ring (bicyclic) bond motifs is 3. The molecule has 0 saturated carbocycles. The van der Waals surface area contributed by atoms with Gasteiger partial charge in [0.1, 0.15) is 11.9 Å². The molecule has 2 heterocycles. The van der Waals surface area contributed by atoms with Gasteiger partial charge in [-0.2, -0.15) is 0 Å². The van der Waals surface area contributed by atoms with Crippen molar-refractivity contribution in [2.75, 3.05) is 5.32 Å². The molecule has 0 bridgehead atoms. The molecule has 0 saturated heterocycles. The number of carbonyl (C=O) groups excluding carboxylic acids is 2. The van der Waals surface area contributed by atoms with E-state index in [0.717, 1.165) is 22.5 Å². The first-order valence-corrected chi connectivity index (χ1v) is 11.4. The molecular formula is C24H26N4O2S. The number of amides is 2. The Morgan fingerprint density at radius 1 is 1.19 bits per heavy atom. The molecule has 1 N–H and O–H groups in total. The second-order valence-electron chi connectivity index (χ2n) is 8.10. The molecule has 0 fully saturated rings. The summed E-state index contributed by atoms with van der Waals surface area (Å²) in [6.07, 6.45) is 0.602. The standard InChI is InChI=1S/C24H26N4O2S/c1-5-19(22(29)25-16-10-8-9-15(4)13-16)31-24-26-18-12-7-6-11-17(18)21-27-20(14(2)3)23(30)28(21)24/h6-14,19-20H,5H2,1-4H3,(H,25,29)/t19-,20-/m1/s1. The number of anilines is 1. The third-order valence-corrected chi connectivity index (χ3v) is 6.64. The van der Waals surface area contributed by atoms with Crippen LogP contribution in [-0.4, -0.2) is 39.0 Å². The van der Waals surface area contributed by atoms with Crippen LogP contribution in [0.15, 0.2) is 58.5 Å². The fourth-order valence-electron chi connectivity index (χ4n) is 3.68. The van der Waals surface area contributed by atoms with Crippen LogP contribution in [0, 0.1) is 12.8 Å². The van der Waals surface area contributed by atoms with Crippen LogP contribution in [0.3, 0.4) is 0 Å². The number of para-hydroxylation sites is 1. The lowest BCUT2D eigenvalue weighted by molar-refractivity contribution is -0.125. The molecule has 2 atom stereocenters. The number of benzene rings is 2. The highest BCUT2D eigenvalue weighted by Crippen LogP contribution is 2.36. The summed E-state index contributed by atoms with van der Waals surface area (Å²) >= 11 is 1.32. The Bertz CT molecular complexity index is 1090. The number of thioether (sulfide) groups is 1. The van der Waals surface area contributed by atoms with E-state index in [1.807, 2.05) is 76.2 Å². The number of aliphatic imine (C=N–C) groups is 2. The van der Waals surface area contributed by atoms with Gasteiger partial charge in [0, 0.05) is 11.3 Å². The largest absolute Gasteiger partial charge is 0.325 e. The van der Waals surface area contributed by atoms with E-state index in [1.54, 1.807) is 4.90 Å². The minimum Gasteiger partial charge on any atom is -0.325 e. The second-order valence-corrected chi connectivity index (χ2v) is 9.27. The van der Waals surface area contributed by atoms with Crippen molar-refractivity contribution >= 4 is 46.0 Å². The molecule has 2 aliphatic heterocycles. The van der Waals surface area contributed by atoms with Gasteiger partial charge in [-0.25, -0.2) is 9.89 Å². The number of nitrogens with one attached hydrogen (secondary N) is 1. The first-order chi connectivity index (χ1) is 14.9. The summed E-state index contributed by atoms with van der Waals surface area (Å²) in [6, 6.07) is 15.0. The maximum absolute atomic E-state index is 13.2. The van der Waals surface area contributed by atoms with Crippen LogP contribution in [0.25, 0.3) is 0 Å². The quantitative estimate of drug-likeness (QED) is 0.737. The molecule has 2 aliphatic rings. The maximum Gasteiger partial charge on any atom is 0.259 e. The van der Waals surface area contributed by atoms with Crippen LogP contribution >= 0.6 is 11.8 Å². The lowest BCUT2D eigenvalue weighted by atomic mass is 10.1. The smallest absolute Gasteiger partial charge is 0.259 e. The Morgan fingerprint density at radius 2 is 1.97 bits per heavy atom. The van der Waals surface area contributed by atoms with E-state index in [2.05, 4.69) is 5.32 Å². The lowest BCUT2D eigenvalue weighted by Gasteiger charge is -2.27. The number of carbonyl (C=O) groups is 2. The summed E-state index contributed by atoms with van der Waals surface area (Å²) in [7, 11) is 0. The minimum absolute atomic E-state index is 0.0793. The van der Waals surface area contributed by atoms with E-state index in [1.165, 1.54) is 11.8 Å². The van der Waals surface area contributed by atoms with Gasteiger partial charge in [-0.3, -0.25) is 14.6 Å². The fourth-order valence-corrected chi connectivity index (χ4v) is 4.70. The molecule has 6 nitrogen and oxygen atoms in total. The van der Waals surface area contributed by atoms with Crippen molar-refractivity contribution in [3.63, 3.8) is 0 Å². The Kier molecular flexibility index (Phi) is 5.96. The number of nitrogens with zero attached hydrogens (tertiary/aromatic N) is 3. The molecule has 0 radical (unpaired) electrons. The molecule has 0 aliphatic carbocycles. The summed E-state index contributed by atoms with van der Waals surface area (Å²) in [4.78, 5) is 37.3. The average Bonchev–Trinajstić information content (AvgIpc) is 3.10. The Hall–Kier alpha value is -2.93. The average molecular weight is 435 g/mol. The molecule has 0 spiro atoms. The maximum atomic E-state index is 13.2. The van der Waals surface area contributed by atoms with Crippen LogP contribution in [0.4, 0.5) is 11.4 Å². The monoisotopic (exact) mass is 434 g/mol. The SMILES string of the molecule is CC[C@@H](SC1=Nc2ccccc2C2=N[C@H](C(C)C)C(=O)N12)C(=O)Nc1cccc(C)c1. The molecule has 2 amide bonds. The van der Waals surface area contributed by atoms with Gasteiger partial charge in [0.2, 0.25) is 5.91 Å². The van der Waals surface area contributed by atoms with E-state index in [4.69, 9.17) is 9.98 Å². The van der Waals surface area contributed by atoms with Gasteiger partial charge < -0.3 is 5.32 Å². The Labute approximate surface area is 186 Å². The van der Waals surface area contributed by atoms with Gasteiger partial charge in [-0.1, -0.05) is 56.8 Å². The summed E-state index contributed by atoms with van der Waals surface area (Å²) in [6.45, 7) is 7.93. The van der Waals surface area contributed by atoms with Crippen molar-refractivity contribution in [3.8, 4) is 0 Å². The van der Waals surface area contributed by atoms with Gasteiger partial charge in [0.15, 0.2) is 5.17 Å². The number of amidine groups is 2. The van der Waals surface area contributed by atoms with Crippen molar-refractivity contribution in [1.29, 1.82) is 0 Å². The van der Waals surface area contributed by atoms with Crippen LogP contribution in [-0.2, 0) is 9.59 Å². The van der Waals surface area contributed by atoms with E-state index in [-0.39, 0.29) is 17.7 Å². The number of hydrogen-bond donors (Lipinski definition) is 1. The number of rotatable bonds is 5. The third kappa shape index (κ3) is 4.14. The van der Waals surface area contributed by atoms with E-state index in [9.17, 15) is 9.59 Å². The van der Waals surface area contributed by atoms with E-state index < -0.39 is 11.3 Å². The Balaban J connectivity index is 1.63. The second kappa shape index (κ2) is 8.67. The molecule has 160 valence electrons. The van der Waals surface area contributed by atoms with Gasteiger partial charge in [0.05, 0.1) is 10.9 Å². The molecule has 0 aromatic heterocycles. The van der Waals surface area contributed by atoms with Crippen molar-refractivity contribution in [1.82, 2.24) is 4.90 Å². The number of hydrogen-bond acceptors (Lipinski definition) is 5. The summed E-state index contributed by atoms with van der Waals surface area (Å²) in [5, 5.41) is 3.11. The van der Waals surface area contributed by atoms with Gasteiger partial charge in [-0.05, 0) is 49.1 Å². The highest BCUT2D eigenvalue weighted by molar-refractivity contribution is 8.15. The van der Waals surface area contributed by atoms with E-state index in [0.29, 0.717) is 17.4 Å². The van der Waals surface area contributed by atoms with Gasteiger partial charge >= 0.3 is 0 Å². The molecule has 4 rings (SSSR count). The van der Waals surface area contributed by atoms with Gasteiger partial charge in [0.25, 0.3) is 5.91 Å². The van der Waals surface area contributed by atoms with Gasteiger partial charge in [-0.15, -0.1) is 0 Å². The van der Waals surface area contributed by atoms with Crippen LogP contribution in [0.5, 0.6) is 0 Å². The van der Waals surface area contributed by atoms with E-state index >= 15 is 0 Å². The van der Waals surface area contributed by atoms with Crippen LogP contribution in [0.2, 0.25) is 0 Å². The first-order valence-electron chi connectivity index (χ1n) is 10.5. The molecule has 7 heteroatoms. The van der Waals surface area contributed by atoms with Crippen molar-refractivity contribution in [3.05, 3.63) is 59.7 Å². The molecule has 31 heavy (non-hydrogen) atoms. The molecule has 2 aromatic carbocycles. The zero-order chi connectivity index (χ0) is 22.1. The molecule has 2 aromatic rings. The van der Waals surface area contributed by atoms with Crippen molar-refractivity contribution in [2.24, 2.45) is 15.9 Å². The highest BCUT2D eigenvalue weighted by Gasteiger charge is 2.43. The third-order valence-electron chi connectivity index (χ3n) is 5.33. The molecular weight excluding hydrogens is 408 g/mol. The molecule has 0 unspecified atom stereocenters. The number of aryl methyl sites for hydroxylation is 1. The highest BCUT2D eigenvalue weighted by atomic mass is 32.2. The topological polar surface area (TPSA) is 74.1 Å². The summed E-state index contributed by atoms with van der Waals surface area (Å²) in [5.41, 5.74) is 3.46. The fraction of sp³-hybridized carbons (Fsp3) is 0.333. The van der Waals surface area contributed by atoms with Crippen LogP contribution in [0.1, 0.15) is 38.3 Å². The van der Waals surface area contributed by atoms with Crippen molar-refractivity contribution < 1.29 is 9.59 Å². The Morgan fingerprint density at radius 3 is 2.68 bits per heavy atom. The summed E-state index contributed by atoms with van der Waals surface area (Å²) in [5.74, 6) is 0.520. The predicted molar refractivity (Wildman–Crippen MR) is 127 cm³/mol. The first kappa shape index (κ1) is 21.3. The van der Waals surface area contributed by atoms with Crippen molar-refractivity contribution in [2.45, 2.75) is 45.4 Å². The van der Waals surface area contributed by atoms with Crippen LogP contribution < -0.4 is 5.32 Å².